The Kier molecular flexibility index (Phi) is 9.74. The van der Waals surface area contributed by atoms with Crippen LogP contribution in [0.5, 0.6) is 0 Å². The largest absolute Gasteiger partial charge is 0.457 e. The molecule has 7 nitrogen and oxygen atoms in total. The second-order valence-electron chi connectivity index (χ2n) is 9.24. The summed E-state index contributed by atoms with van der Waals surface area (Å²) < 4.78 is 5.94. The fraction of sp³-hybridized carbons (Fsp3) is 0.0294. The van der Waals surface area contributed by atoms with Gasteiger partial charge >= 0.3 is 0 Å². The quantitative estimate of drug-likeness (QED) is 0.111. The summed E-state index contributed by atoms with van der Waals surface area (Å²) in [5.74, 6) is 0.0744. The van der Waals surface area contributed by atoms with Crippen molar-refractivity contribution in [2.75, 3.05) is 16.4 Å². The highest BCUT2D eigenvalue weighted by atomic mass is 35.5. The van der Waals surface area contributed by atoms with Crippen LogP contribution in [0.4, 0.5) is 11.4 Å². The highest BCUT2D eigenvalue weighted by Gasteiger charge is 2.16. The highest BCUT2D eigenvalue weighted by Crippen LogP contribution is 2.25. The maximum Gasteiger partial charge on any atom is 0.272 e. The van der Waals surface area contributed by atoms with Gasteiger partial charge in [-0.2, -0.15) is 0 Å². The SMILES string of the molecule is O=C(CSc1ccc(NC(=O)/C(=C\c2ccc(-c3ccccc3)o2)NC(=O)c2ccccc2)cc1)Nc1ccccc1Cl. The molecule has 0 radical (unpaired) electrons. The molecule has 0 spiro atoms. The maximum absolute atomic E-state index is 13.4. The molecule has 0 saturated heterocycles. The molecule has 0 unspecified atom stereocenters. The minimum atomic E-state index is -0.526. The monoisotopic (exact) mass is 607 g/mol. The summed E-state index contributed by atoms with van der Waals surface area (Å²) >= 11 is 7.46. The molecule has 0 fully saturated rings. The van der Waals surface area contributed by atoms with Gasteiger partial charge in [0, 0.05) is 27.8 Å². The van der Waals surface area contributed by atoms with Crippen molar-refractivity contribution in [3.63, 3.8) is 0 Å². The van der Waals surface area contributed by atoms with Gasteiger partial charge in [0.25, 0.3) is 11.8 Å². The number of rotatable bonds is 10. The van der Waals surface area contributed by atoms with E-state index in [0.29, 0.717) is 33.5 Å². The van der Waals surface area contributed by atoms with E-state index in [9.17, 15) is 14.4 Å². The summed E-state index contributed by atoms with van der Waals surface area (Å²) in [4.78, 5) is 39.5. The number of anilines is 2. The van der Waals surface area contributed by atoms with Crippen LogP contribution in [0.15, 0.2) is 136 Å². The molecule has 0 aliphatic carbocycles. The second kappa shape index (κ2) is 14.2. The molecule has 9 heteroatoms. The van der Waals surface area contributed by atoms with Gasteiger partial charge in [0.1, 0.15) is 17.2 Å². The molecule has 3 amide bonds. The van der Waals surface area contributed by atoms with Crippen LogP contribution in [0.3, 0.4) is 0 Å². The third-order valence-electron chi connectivity index (χ3n) is 6.13. The van der Waals surface area contributed by atoms with E-state index in [1.54, 1.807) is 84.9 Å². The Bertz CT molecular complexity index is 1750. The number of carbonyl (C=O) groups excluding carboxylic acids is 3. The van der Waals surface area contributed by atoms with E-state index >= 15 is 0 Å². The number of halogens is 1. The highest BCUT2D eigenvalue weighted by molar-refractivity contribution is 8.00. The van der Waals surface area contributed by atoms with Gasteiger partial charge in [0.15, 0.2) is 0 Å². The van der Waals surface area contributed by atoms with Gasteiger partial charge < -0.3 is 20.4 Å². The first kappa shape index (κ1) is 29.4. The fourth-order valence-corrected chi connectivity index (χ4v) is 4.88. The Balaban J connectivity index is 1.26. The number of benzene rings is 4. The lowest BCUT2D eigenvalue weighted by atomic mass is 10.2. The Labute approximate surface area is 258 Å². The number of hydrogen-bond donors (Lipinski definition) is 3. The van der Waals surface area contributed by atoms with Gasteiger partial charge in [-0.1, -0.05) is 72.3 Å². The van der Waals surface area contributed by atoms with Gasteiger partial charge in [-0.25, -0.2) is 0 Å². The van der Waals surface area contributed by atoms with E-state index in [0.717, 1.165) is 10.5 Å². The number of amides is 3. The Morgan fingerprint density at radius 1 is 0.744 bits per heavy atom. The minimum Gasteiger partial charge on any atom is -0.457 e. The summed E-state index contributed by atoms with van der Waals surface area (Å²) in [6, 6.07) is 35.8. The van der Waals surface area contributed by atoms with Crippen LogP contribution in [0, 0.1) is 0 Å². The van der Waals surface area contributed by atoms with Crippen molar-refractivity contribution in [3.8, 4) is 11.3 Å². The topological polar surface area (TPSA) is 100 Å². The molecule has 0 saturated carbocycles. The molecule has 43 heavy (non-hydrogen) atoms. The van der Waals surface area contributed by atoms with E-state index in [1.807, 2.05) is 36.4 Å². The zero-order valence-electron chi connectivity index (χ0n) is 22.8. The Morgan fingerprint density at radius 3 is 2.14 bits per heavy atom. The van der Waals surface area contributed by atoms with Crippen LogP contribution in [0.25, 0.3) is 17.4 Å². The average Bonchev–Trinajstić information content (AvgIpc) is 3.51. The summed E-state index contributed by atoms with van der Waals surface area (Å²) in [6.07, 6.45) is 1.49. The molecule has 5 aromatic rings. The third-order valence-corrected chi connectivity index (χ3v) is 7.47. The summed E-state index contributed by atoms with van der Waals surface area (Å²) in [5, 5.41) is 8.79. The normalized spacial score (nSPS) is 11.0. The number of furan rings is 1. The van der Waals surface area contributed by atoms with Crippen molar-refractivity contribution in [2.24, 2.45) is 0 Å². The Hall–Kier alpha value is -5.05. The van der Waals surface area contributed by atoms with Gasteiger partial charge in [-0.05, 0) is 60.7 Å². The number of thioether (sulfide) groups is 1. The maximum atomic E-state index is 13.4. The van der Waals surface area contributed by atoms with Crippen LogP contribution < -0.4 is 16.0 Å². The van der Waals surface area contributed by atoms with E-state index in [1.165, 1.54) is 17.8 Å². The fourth-order valence-electron chi connectivity index (χ4n) is 4.00. The third kappa shape index (κ3) is 8.25. The zero-order chi connectivity index (χ0) is 30.0. The van der Waals surface area contributed by atoms with Crippen molar-refractivity contribution in [3.05, 3.63) is 143 Å². The van der Waals surface area contributed by atoms with Crippen molar-refractivity contribution in [1.29, 1.82) is 0 Å². The first-order valence-electron chi connectivity index (χ1n) is 13.3. The molecule has 0 atom stereocenters. The summed E-state index contributed by atoms with van der Waals surface area (Å²) in [5.41, 5.74) is 2.38. The smallest absolute Gasteiger partial charge is 0.272 e. The predicted octanol–water partition coefficient (Wildman–Crippen LogP) is 7.74. The molecule has 4 aromatic carbocycles. The molecule has 5 rings (SSSR count). The number of hydrogen-bond acceptors (Lipinski definition) is 5. The minimum absolute atomic E-state index is 0.0116. The predicted molar refractivity (Wildman–Crippen MR) is 172 cm³/mol. The molecular formula is C34H26ClN3O4S. The average molecular weight is 608 g/mol. The zero-order valence-corrected chi connectivity index (χ0v) is 24.3. The molecule has 1 aromatic heterocycles. The molecular weight excluding hydrogens is 582 g/mol. The summed E-state index contributed by atoms with van der Waals surface area (Å²) in [7, 11) is 0. The van der Waals surface area contributed by atoms with Crippen LogP contribution >= 0.6 is 23.4 Å². The van der Waals surface area contributed by atoms with Crippen molar-refractivity contribution < 1.29 is 18.8 Å². The van der Waals surface area contributed by atoms with Crippen LogP contribution in [-0.4, -0.2) is 23.5 Å². The Morgan fingerprint density at radius 2 is 1.42 bits per heavy atom. The molecule has 214 valence electrons. The van der Waals surface area contributed by atoms with Crippen LogP contribution in [-0.2, 0) is 9.59 Å². The lowest BCUT2D eigenvalue weighted by Crippen LogP contribution is -2.30. The van der Waals surface area contributed by atoms with Crippen molar-refractivity contribution in [2.45, 2.75) is 4.90 Å². The van der Waals surface area contributed by atoms with E-state index < -0.39 is 11.8 Å². The molecule has 0 aliphatic heterocycles. The van der Waals surface area contributed by atoms with Crippen molar-refractivity contribution in [1.82, 2.24) is 5.32 Å². The van der Waals surface area contributed by atoms with E-state index in [4.69, 9.17) is 16.0 Å². The first-order valence-corrected chi connectivity index (χ1v) is 14.6. The molecule has 1 heterocycles. The van der Waals surface area contributed by atoms with Crippen LogP contribution in [0.2, 0.25) is 5.02 Å². The number of para-hydroxylation sites is 1. The van der Waals surface area contributed by atoms with Crippen molar-refractivity contribution >= 4 is 58.5 Å². The van der Waals surface area contributed by atoms with E-state index in [2.05, 4.69) is 16.0 Å². The summed E-state index contributed by atoms with van der Waals surface area (Å²) in [6.45, 7) is 0. The number of carbonyl (C=O) groups is 3. The second-order valence-corrected chi connectivity index (χ2v) is 10.7. The van der Waals surface area contributed by atoms with Gasteiger partial charge in [0.2, 0.25) is 5.91 Å². The van der Waals surface area contributed by atoms with Gasteiger partial charge in [-0.3, -0.25) is 14.4 Å². The lowest BCUT2D eigenvalue weighted by molar-refractivity contribution is -0.114. The lowest BCUT2D eigenvalue weighted by Gasteiger charge is -2.11. The van der Waals surface area contributed by atoms with Gasteiger partial charge in [-0.15, -0.1) is 11.8 Å². The standard InChI is InChI=1S/C34H26ClN3O4S/c35-28-13-7-8-14-29(28)37-32(39)22-43-27-18-15-25(16-19-27)36-34(41)30(38-33(40)24-11-5-2-6-12-24)21-26-17-20-31(42-26)23-9-3-1-4-10-23/h1-21H,22H2,(H,36,41)(H,37,39)(H,38,40)/b30-21+. The number of nitrogens with one attached hydrogen (secondary N) is 3. The molecule has 0 aliphatic rings. The first-order chi connectivity index (χ1) is 20.9. The van der Waals surface area contributed by atoms with Crippen LogP contribution in [0.1, 0.15) is 16.1 Å². The van der Waals surface area contributed by atoms with E-state index in [-0.39, 0.29) is 17.4 Å². The van der Waals surface area contributed by atoms with Gasteiger partial charge in [0.05, 0.1) is 16.5 Å². The molecule has 3 N–H and O–H groups in total. The molecule has 0 bridgehead atoms.